The first-order valence-electron chi connectivity index (χ1n) is 9.18. The van der Waals surface area contributed by atoms with Crippen molar-refractivity contribution in [2.45, 2.75) is 25.7 Å². The largest absolute Gasteiger partial charge is 0.469 e. The van der Waals surface area contributed by atoms with E-state index in [-0.39, 0.29) is 17.8 Å². The van der Waals surface area contributed by atoms with Gasteiger partial charge in [-0.1, -0.05) is 12.1 Å². The fourth-order valence-corrected chi connectivity index (χ4v) is 4.00. The number of benzene rings is 1. The van der Waals surface area contributed by atoms with Crippen LogP contribution in [0.1, 0.15) is 24.3 Å². The smallest absolute Gasteiger partial charge is 0.305 e. The Morgan fingerprint density at radius 3 is 2.63 bits per heavy atom. The Balaban J connectivity index is 1.63. The topological polar surface area (TPSA) is 71.5 Å². The Morgan fingerprint density at radius 1 is 1.26 bits per heavy atom. The van der Waals surface area contributed by atoms with Crippen LogP contribution in [-0.4, -0.2) is 44.1 Å². The third-order valence-electron chi connectivity index (χ3n) is 4.89. The number of nitrogens with one attached hydrogen (secondary N) is 1. The van der Waals surface area contributed by atoms with E-state index in [0.29, 0.717) is 12.8 Å². The molecule has 1 N–H and O–H groups in total. The number of carbonyl (C=O) groups is 2. The van der Waals surface area contributed by atoms with Crippen LogP contribution in [0.15, 0.2) is 29.6 Å². The van der Waals surface area contributed by atoms with Crippen molar-refractivity contribution in [3.8, 4) is 11.3 Å². The Kier molecular flexibility index (Phi) is 6.58. The van der Waals surface area contributed by atoms with Crippen LogP contribution < -0.4 is 10.2 Å². The van der Waals surface area contributed by atoms with Gasteiger partial charge in [-0.3, -0.25) is 9.59 Å². The number of ether oxygens (including phenoxy) is 1. The van der Waals surface area contributed by atoms with Gasteiger partial charge in [0.25, 0.3) is 0 Å². The monoisotopic (exact) mass is 387 g/mol. The lowest BCUT2D eigenvalue weighted by Crippen LogP contribution is -2.39. The number of methoxy groups -OCH3 is 1. The van der Waals surface area contributed by atoms with Gasteiger partial charge in [0.2, 0.25) is 5.91 Å². The molecule has 1 aliphatic heterocycles. The number of aryl methyl sites for hydroxylation is 1. The number of thiazole rings is 1. The molecule has 2 heterocycles. The van der Waals surface area contributed by atoms with Crippen LogP contribution >= 0.6 is 11.3 Å². The second-order valence-electron chi connectivity index (χ2n) is 6.67. The van der Waals surface area contributed by atoms with Crippen LogP contribution in [0.3, 0.4) is 0 Å². The van der Waals surface area contributed by atoms with Crippen LogP contribution in [0, 0.1) is 5.92 Å². The summed E-state index contributed by atoms with van der Waals surface area (Å²) in [6.07, 6.45) is 2.72. The Bertz CT molecular complexity index is 782. The van der Waals surface area contributed by atoms with Crippen LogP contribution in [0.5, 0.6) is 0 Å². The zero-order valence-electron chi connectivity index (χ0n) is 15.7. The summed E-state index contributed by atoms with van der Waals surface area (Å²) in [6.45, 7) is 1.82. The zero-order chi connectivity index (χ0) is 19.2. The number of nitrogens with zero attached hydrogens (tertiary/aromatic N) is 2. The summed E-state index contributed by atoms with van der Waals surface area (Å²) < 4.78 is 4.66. The molecule has 0 bridgehead atoms. The van der Waals surface area contributed by atoms with Gasteiger partial charge in [-0.15, -0.1) is 11.3 Å². The van der Waals surface area contributed by atoms with Gasteiger partial charge in [0.1, 0.15) is 0 Å². The summed E-state index contributed by atoms with van der Waals surface area (Å²) in [5.74, 6) is 0.0624. The van der Waals surface area contributed by atoms with Crippen molar-refractivity contribution in [1.29, 1.82) is 0 Å². The Hall–Kier alpha value is -2.25. The normalized spacial score (nSPS) is 14.7. The molecule has 0 atom stereocenters. The predicted octanol–water partition coefficient (Wildman–Crippen LogP) is 2.88. The summed E-state index contributed by atoms with van der Waals surface area (Å²) in [4.78, 5) is 30.3. The lowest BCUT2D eigenvalue weighted by atomic mass is 9.96. The zero-order valence-corrected chi connectivity index (χ0v) is 16.6. The standard InChI is InChI=1S/C20H25N3O3S/c1-23(20(25)15-9-11-21-12-10-15)16-5-3-14(4-6-16)17-13-27-18(22-17)7-8-19(24)26-2/h3-6,13,15,21H,7-12H2,1-2H3. The maximum absolute atomic E-state index is 12.7. The quantitative estimate of drug-likeness (QED) is 0.772. The van der Waals surface area contributed by atoms with Gasteiger partial charge in [-0.2, -0.15) is 0 Å². The molecular weight excluding hydrogens is 362 g/mol. The minimum atomic E-state index is -0.224. The van der Waals surface area contributed by atoms with Gasteiger partial charge in [-0.25, -0.2) is 4.98 Å². The van der Waals surface area contributed by atoms with E-state index >= 15 is 0 Å². The first kappa shape index (κ1) is 19.5. The highest BCUT2D eigenvalue weighted by Gasteiger charge is 2.24. The van der Waals surface area contributed by atoms with Crippen molar-refractivity contribution in [1.82, 2.24) is 10.3 Å². The number of carbonyl (C=O) groups excluding carboxylic acids is 2. The summed E-state index contributed by atoms with van der Waals surface area (Å²) in [5, 5.41) is 6.20. The summed E-state index contributed by atoms with van der Waals surface area (Å²) in [7, 11) is 3.23. The highest BCUT2D eigenvalue weighted by molar-refractivity contribution is 7.09. The second kappa shape index (κ2) is 9.10. The highest BCUT2D eigenvalue weighted by Crippen LogP contribution is 2.26. The first-order valence-corrected chi connectivity index (χ1v) is 10.1. The molecule has 3 rings (SSSR count). The Labute approximate surface area is 163 Å². The van der Waals surface area contributed by atoms with E-state index in [2.05, 4.69) is 15.0 Å². The Morgan fingerprint density at radius 2 is 1.96 bits per heavy atom. The van der Waals surface area contributed by atoms with Crippen molar-refractivity contribution in [2.75, 3.05) is 32.1 Å². The molecule has 1 aliphatic rings. The van der Waals surface area contributed by atoms with Crippen LogP contribution in [0.2, 0.25) is 0 Å². The molecule has 0 radical (unpaired) electrons. The minimum absolute atomic E-state index is 0.104. The van der Waals surface area contributed by atoms with E-state index < -0.39 is 0 Å². The van der Waals surface area contributed by atoms with Gasteiger partial charge in [0.15, 0.2) is 0 Å². The van der Waals surface area contributed by atoms with E-state index in [9.17, 15) is 9.59 Å². The van der Waals surface area contributed by atoms with E-state index in [1.165, 1.54) is 7.11 Å². The summed E-state index contributed by atoms with van der Waals surface area (Å²) in [6, 6.07) is 7.89. The fraction of sp³-hybridized carbons (Fsp3) is 0.450. The molecule has 27 heavy (non-hydrogen) atoms. The highest BCUT2D eigenvalue weighted by atomic mass is 32.1. The third-order valence-corrected chi connectivity index (χ3v) is 5.80. The number of piperidine rings is 1. The number of anilines is 1. The van der Waals surface area contributed by atoms with Crippen LogP contribution in [0.4, 0.5) is 5.69 Å². The fourth-order valence-electron chi connectivity index (χ4n) is 3.20. The van der Waals surface area contributed by atoms with E-state index in [1.54, 1.807) is 16.2 Å². The SMILES string of the molecule is COC(=O)CCc1nc(-c2ccc(N(C)C(=O)C3CCNCC3)cc2)cs1. The molecule has 1 aromatic heterocycles. The average molecular weight is 388 g/mol. The minimum Gasteiger partial charge on any atom is -0.469 e. The third kappa shape index (κ3) is 4.93. The first-order chi connectivity index (χ1) is 13.1. The van der Waals surface area contributed by atoms with Crippen LogP contribution in [-0.2, 0) is 20.7 Å². The van der Waals surface area contributed by atoms with Gasteiger partial charge in [0.05, 0.1) is 24.2 Å². The van der Waals surface area contributed by atoms with E-state index in [1.807, 2.05) is 36.7 Å². The number of aromatic nitrogens is 1. The molecule has 0 saturated carbocycles. The predicted molar refractivity (Wildman–Crippen MR) is 107 cm³/mol. The van der Waals surface area contributed by atoms with Gasteiger partial charge in [-0.05, 0) is 38.1 Å². The molecular formula is C20H25N3O3S. The van der Waals surface area contributed by atoms with Crippen molar-refractivity contribution < 1.29 is 14.3 Å². The van der Waals surface area contributed by atoms with Gasteiger partial charge in [0, 0.05) is 36.0 Å². The molecule has 6 nitrogen and oxygen atoms in total. The van der Waals surface area contributed by atoms with Crippen LogP contribution in [0.25, 0.3) is 11.3 Å². The number of esters is 1. The molecule has 1 saturated heterocycles. The van der Waals surface area contributed by atoms with Gasteiger partial charge < -0.3 is 15.0 Å². The lowest BCUT2D eigenvalue weighted by molar-refractivity contribution is -0.140. The van der Waals surface area contributed by atoms with E-state index in [0.717, 1.165) is 47.9 Å². The summed E-state index contributed by atoms with van der Waals surface area (Å²) in [5.41, 5.74) is 2.78. The molecule has 0 aliphatic carbocycles. The molecule has 0 spiro atoms. The number of hydrogen-bond acceptors (Lipinski definition) is 6. The molecule has 1 fully saturated rings. The maximum atomic E-state index is 12.7. The molecule has 0 unspecified atom stereocenters. The molecule has 7 heteroatoms. The molecule has 1 aromatic carbocycles. The molecule has 2 aromatic rings. The van der Waals surface area contributed by atoms with Crippen molar-refractivity contribution >= 4 is 28.9 Å². The number of hydrogen-bond donors (Lipinski definition) is 1. The summed E-state index contributed by atoms with van der Waals surface area (Å²) >= 11 is 1.54. The molecule has 144 valence electrons. The van der Waals surface area contributed by atoms with Gasteiger partial charge >= 0.3 is 5.97 Å². The number of amides is 1. The van der Waals surface area contributed by atoms with Crippen molar-refractivity contribution in [3.05, 3.63) is 34.7 Å². The lowest BCUT2D eigenvalue weighted by Gasteiger charge is -2.27. The van der Waals surface area contributed by atoms with Crippen molar-refractivity contribution in [3.63, 3.8) is 0 Å². The van der Waals surface area contributed by atoms with Crippen molar-refractivity contribution in [2.24, 2.45) is 5.92 Å². The van der Waals surface area contributed by atoms with E-state index in [4.69, 9.17) is 0 Å². The maximum Gasteiger partial charge on any atom is 0.305 e. The average Bonchev–Trinajstić information content (AvgIpc) is 3.20. The second-order valence-corrected chi connectivity index (χ2v) is 7.61. The molecule has 1 amide bonds. The number of rotatable bonds is 6.